The molecule has 1 N–H and O–H groups in total. The number of amides is 2. The molecule has 0 unspecified atom stereocenters. The zero-order chi connectivity index (χ0) is 15.7. The van der Waals surface area contributed by atoms with Crippen molar-refractivity contribution in [3.63, 3.8) is 0 Å². The molecule has 5 nitrogen and oxygen atoms in total. The highest BCUT2D eigenvalue weighted by Gasteiger charge is 2.14. The van der Waals surface area contributed by atoms with E-state index in [0.717, 1.165) is 12.8 Å². The lowest BCUT2D eigenvalue weighted by Crippen LogP contribution is -2.37. The molecule has 1 aromatic carbocycles. The van der Waals surface area contributed by atoms with Gasteiger partial charge in [-0.1, -0.05) is 25.5 Å². The average Bonchev–Trinajstić information content (AvgIpc) is 2.49. The van der Waals surface area contributed by atoms with Crippen molar-refractivity contribution in [1.82, 2.24) is 5.32 Å². The molecule has 0 aliphatic heterocycles. The predicted molar refractivity (Wildman–Crippen MR) is 81.7 cm³/mol. The summed E-state index contributed by atoms with van der Waals surface area (Å²) < 4.78 is 0. The summed E-state index contributed by atoms with van der Waals surface area (Å²) in [7, 11) is 0. The lowest BCUT2D eigenvalue weighted by atomic mass is 10.1. The van der Waals surface area contributed by atoms with E-state index >= 15 is 0 Å². The molecule has 1 rings (SSSR count). The van der Waals surface area contributed by atoms with Crippen LogP contribution in [0, 0.1) is 11.3 Å². The fraction of sp³-hybridized carbons (Fsp3) is 0.438. The van der Waals surface area contributed by atoms with Gasteiger partial charge in [0.05, 0.1) is 11.3 Å². The monoisotopic (exact) mass is 287 g/mol. The Hall–Kier alpha value is -2.35. The molecule has 0 aromatic heterocycles. The SMILES string of the molecule is CCCCC(=O)NCCN(C(C)=O)c1ccccc1C#N. The van der Waals surface area contributed by atoms with Gasteiger partial charge in [0.25, 0.3) is 0 Å². The number of benzene rings is 1. The second-order valence-electron chi connectivity index (χ2n) is 4.75. The second-order valence-corrected chi connectivity index (χ2v) is 4.75. The summed E-state index contributed by atoms with van der Waals surface area (Å²) >= 11 is 0. The largest absolute Gasteiger partial charge is 0.354 e. The van der Waals surface area contributed by atoms with Gasteiger partial charge in [-0.25, -0.2) is 0 Å². The third kappa shape index (κ3) is 5.27. The highest BCUT2D eigenvalue weighted by Crippen LogP contribution is 2.19. The van der Waals surface area contributed by atoms with E-state index in [1.54, 1.807) is 24.3 Å². The highest BCUT2D eigenvalue weighted by molar-refractivity contribution is 5.93. The van der Waals surface area contributed by atoms with Gasteiger partial charge in [0.1, 0.15) is 6.07 Å². The molecule has 0 aliphatic carbocycles. The summed E-state index contributed by atoms with van der Waals surface area (Å²) in [6.07, 6.45) is 2.34. The molecule has 21 heavy (non-hydrogen) atoms. The maximum absolute atomic E-state index is 11.8. The first-order valence-electron chi connectivity index (χ1n) is 7.14. The minimum absolute atomic E-state index is 0.00563. The Bertz CT molecular complexity index is 535. The van der Waals surface area contributed by atoms with E-state index in [1.165, 1.54) is 11.8 Å². The van der Waals surface area contributed by atoms with Crippen molar-refractivity contribution in [3.8, 4) is 6.07 Å². The van der Waals surface area contributed by atoms with Crippen LogP contribution in [-0.4, -0.2) is 24.9 Å². The third-order valence-electron chi connectivity index (χ3n) is 3.11. The number of nitrogens with zero attached hydrogens (tertiary/aromatic N) is 2. The van der Waals surface area contributed by atoms with Gasteiger partial charge in [-0.2, -0.15) is 5.26 Å². The number of anilines is 1. The van der Waals surface area contributed by atoms with E-state index in [0.29, 0.717) is 30.8 Å². The standard InChI is InChI=1S/C16H21N3O2/c1-3-4-9-16(21)18-10-11-19(13(2)20)15-8-6-5-7-14(15)12-17/h5-8H,3-4,9-11H2,1-2H3,(H,18,21). The van der Waals surface area contributed by atoms with E-state index in [2.05, 4.69) is 11.4 Å². The van der Waals surface area contributed by atoms with Crippen LogP contribution in [0.15, 0.2) is 24.3 Å². The smallest absolute Gasteiger partial charge is 0.223 e. The molecule has 1 aromatic rings. The topological polar surface area (TPSA) is 73.2 Å². The Morgan fingerprint density at radius 3 is 2.67 bits per heavy atom. The summed E-state index contributed by atoms with van der Waals surface area (Å²) in [5.74, 6) is -0.158. The van der Waals surface area contributed by atoms with Gasteiger partial charge in [0.15, 0.2) is 0 Å². The van der Waals surface area contributed by atoms with Gasteiger partial charge in [-0.15, -0.1) is 0 Å². The number of hydrogen-bond donors (Lipinski definition) is 1. The predicted octanol–water partition coefficient (Wildman–Crippen LogP) is 2.22. The van der Waals surface area contributed by atoms with Crippen LogP contribution in [0.25, 0.3) is 0 Å². The number of para-hydroxylation sites is 1. The molecule has 0 aliphatic rings. The Morgan fingerprint density at radius 1 is 1.33 bits per heavy atom. The van der Waals surface area contributed by atoms with Crippen molar-refractivity contribution in [3.05, 3.63) is 29.8 Å². The van der Waals surface area contributed by atoms with Crippen LogP contribution >= 0.6 is 0 Å². The fourth-order valence-corrected chi connectivity index (χ4v) is 1.98. The summed E-state index contributed by atoms with van der Waals surface area (Å²) in [4.78, 5) is 24.8. The first-order chi connectivity index (χ1) is 10.1. The minimum atomic E-state index is -0.152. The normalized spacial score (nSPS) is 9.76. The Labute approximate surface area is 125 Å². The van der Waals surface area contributed by atoms with Crippen molar-refractivity contribution in [2.75, 3.05) is 18.0 Å². The van der Waals surface area contributed by atoms with Crippen molar-refractivity contribution < 1.29 is 9.59 Å². The lowest BCUT2D eigenvalue weighted by molar-refractivity contribution is -0.121. The first kappa shape index (κ1) is 16.7. The van der Waals surface area contributed by atoms with E-state index in [9.17, 15) is 9.59 Å². The molecule has 0 saturated carbocycles. The van der Waals surface area contributed by atoms with Crippen LogP contribution in [0.4, 0.5) is 5.69 Å². The van der Waals surface area contributed by atoms with Gasteiger partial charge in [-0.3, -0.25) is 9.59 Å². The molecule has 0 heterocycles. The number of nitrogens with one attached hydrogen (secondary N) is 1. The number of nitriles is 1. The molecule has 0 atom stereocenters. The van der Waals surface area contributed by atoms with Gasteiger partial charge in [0.2, 0.25) is 11.8 Å². The Balaban J connectivity index is 2.65. The molecular weight excluding hydrogens is 266 g/mol. The lowest BCUT2D eigenvalue weighted by Gasteiger charge is -2.22. The van der Waals surface area contributed by atoms with Gasteiger partial charge < -0.3 is 10.2 Å². The summed E-state index contributed by atoms with van der Waals surface area (Å²) in [5, 5.41) is 11.9. The van der Waals surface area contributed by atoms with Crippen molar-refractivity contribution in [2.24, 2.45) is 0 Å². The summed E-state index contributed by atoms with van der Waals surface area (Å²) in [6.45, 7) is 4.21. The fourth-order valence-electron chi connectivity index (χ4n) is 1.98. The van der Waals surface area contributed by atoms with E-state index in [1.807, 2.05) is 6.92 Å². The van der Waals surface area contributed by atoms with E-state index in [4.69, 9.17) is 5.26 Å². The van der Waals surface area contributed by atoms with E-state index < -0.39 is 0 Å². The maximum atomic E-state index is 11.8. The average molecular weight is 287 g/mol. The van der Waals surface area contributed by atoms with Crippen molar-refractivity contribution in [1.29, 1.82) is 5.26 Å². The molecule has 0 fully saturated rings. The van der Waals surface area contributed by atoms with Gasteiger partial charge in [-0.05, 0) is 18.6 Å². The second kappa shape index (κ2) is 8.75. The first-order valence-corrected chi connectivity index (χ1v) is 7.14. The number of rotatable bonds is 7. The van der Waals surface area contributed by atoms with Gasteiger partial charge in [0, 0.05) is 26.4 Å². The molecular formula is C16H21N3O2. The van der Waals surface area contributed by atoms with Crippen molar-refractivity contribution >= 4 is 17.5 Å². The molecule has 0 radical (unpaired) electrons. The summed E-state index contributed by atoms with van der Waals surface area (Å²) in [5.41, 5.74) is 1.03. The molecule has 112 valence electrons. The summed E-state index contributed by atoms with van der Waals surface area (Å²) in [6, 6.07) is 9.02. The number of hydrogen-bond acceptors (Lipinski definition) is 3. The van der Waals surface area contributed by atoms with E-state index in [-0.39, 0.29) is 11.8 Å². The quantitative estimate of drug-likeness (QED) is 0.835. The zero-order valence-electron chi connectivity index (χ0n) is 12.6. The highest BCUT2D eigenvalue weighted by atomic mass is 16.2. The molecule has 5 heteroatoms. The van der Waals surface area contributed by atoms with Crippen LogP contribution in [0.5, 0.6) is 0 Å². The zero-order valence-corrected chi connectivity index (χ0v) is 12.6. The van der Waals surface area contributed by atoms with Crippen LogP contribution in [0.3, 0.4) is 0 Å². The molecule has 0 saturated heterocycles. The third-order valence-corrected chi connectivity index (χ3v) is 3.11. The van der Waals surface area contributed by atoms with Crippen LogP contribution < -0.4 is 10.2 Å². The molecule has 0 bridgehead atoms. The van der Waals surface area contributed by atoms with Crippen LogP contribution in [-0.2, 0) is 9.59 Å². The number of unbranched alkanes of at least 4 members (excludes halogenated alkanes) is 1. The van der Waals surface area contributed by atoms with Crippen LogP contribution in [0.1, 0.15) is 38.7 Å². The number of carbonyl (C=O) groups is 2. The van der Waals surface area contributed by atoms with Crippen molar-refractivity contribution in [2.45, 2.75) is 33.1 Å². The Kier molecular flexibility index (Phi) is 6.96. The number of carbonyl (C=O) groups excluding carboxylic acids is 2. The maximum Gasteiger partial charge on any atom is 0.223 e. The Morgan fingerprint density at radius 2 is 2.05 bits per heavy atom. The van der Waals surface area contributed by atoms with Gasteiger partial charge >= 0.3 is 0 Å². The minimum Gasteiger partial charge on any atom is -0.354 e. The van der Waals surface area contributed by atoms with Crippen LogP contribution in [0.2, 0.25) is 0 Å². The molecule has 0 spiro atoms. The molecule has 2 amide bonds.